The average molecular weight is 660 g/mol. The molecule has 2 atom stereocenters. The van der Waals surface area contributed by atoms with E-state index in [4.69, 9.17) is 10.5 Å². The van der Waals surface area contributed by atoms with Crippen molar-refractivity contribution in [2.45, 2.75) is 45.2 Å². The number of fused-ring (bicyclic) bond motifs is 2. The number of hydrogen-bond donors (Lipinski definition) is 2. The molecule has 1 unspecified atom stereocenters. The van der Waals surface area contributed by atoms with Crippen molar-refractivity contribution in [2.75, 3.05) is 30.5 Å². The number of amides is 3. The zero-order valence-electron chi connectivity index (χ0n) is 24.1. The number of rotatable bonds is 10. The van der Waals surface area contributed by atoms with E-state index in [1.165, 1.54) is 6.92 Å². The number of likely N-dealkylation sites (N-methyl/N-ethyl adjacent to an activating group) is 1. The van der Waals surface area contributed by atoms with E-state index in [1.54, 1.807) is 55.1 Å². The molecular formula is C31H36BrClN4O5. The summed E-state index contributed by atoms with van der Waals surface area (Å²) < 4.78 is 6.65. The fraction of sp³-hybridized carbons (Fsp3) is 0.355. The third-order valence-electron chi connectivity index (χ3n) is 7.93. The van der Waals surface area contributed by atoms with Crippen molar-refractivity contribution >= 4 is 74.0 Å². The van der Waals surface area contributed by atoms with Gasteiger partial charge in [-0.3, -0.25) is 14.4 Å². The molecule has 3 amide bonds. The van der Waals surface area contributed by atoms with E-state index in [0.29, 0.717) is 23.5 Å². The smallest absolute Gasteiger partial charge is 0.238 e. The van der Waals surface area contributed by atoms with Crippen LogP contribution in [0.2, 0.25) is 0 Å². The van der Waals surface area contributed by atoms with Gasteiger partial charge in [0.15, 0.2) is 0 Å². The van der Waals surface area contributed by atoms with E-state index in [2.05, 4.69) is 21.2 Å². The van der Waals surface area contributed by atoms with Crippen LogP contribution in [0.15, 0.2) is 59.1 Å². The summed E-state index contributed by atoms with van der Waals surface area (Å²) in [5, 5.41) is 4.82. The standard InChI is InChI=1S/C31H35BrN4O5.ClH/c1-19(37)8-7-11-28(38)35-18-24(31(2,34-3)30(33)40)29(39)36(26-10-6-5-9-25(26)35)17-23-22-14-13-21(32)16-20(22)12-15-27(23)41-4;/h5-6,9-10,12-16,24,34H,7-8,11,17-18H2,1-4H3,(H2,33,40);1H/t24-,31?;/m1./s1. The van der Waals surface area contributed by atoms with Crippen molar-refractivity contribution in [2.24, 2.45) is 11.7 Å². The molecule has 1 heterocycles. The Morgan fingerprint density at radius 2 is 1.79 bits per heavy atom. The molecule has 1 aliphatic heterocycles. The molecule has 0 spiro atoms. The van der Waals surface area contributed by atoms with Gasteiger partial charge in [-0.15, -0.1) is 12.4 Å². The summed E-state index contributed by atoms with van der Waals surface area (Å²) in [6.07, 6.45) is 0.785. The zero-order valence-corrected chi connectivity index (χ0v) is 26.5. The van der Waals surface area contributed by atoms with Gasteiger partial charge < -0.3 is 30.4 Å². The second kappa shape index (κ2) is 13.7. The van der Waals surface area contributed by atoms with E-state index in [1.807, 2.05) is 30.3 Å². The number of anilines is 2. The predicted octanol–water partition coefficient (Wildman–Crippen LogP) is 4.75. The lowest BCUT2D eigenvalue weighted by Crippen LogP contribution is -2.63. The van der Waals surface area contributed by atoms with Crippen molar-refractivity contribution in [3.63, 3.8) is 0 Å². The number of carbonyl (C=O) groups excluding carboxylic acids is 4. The summed E-state index contributed by atoms with van der Waals surface area (Å²) in [5.74, 6) is -1.71. The number of nitrogens with one attached hydrogen (secondary N) is 1. The highest BCUT2D eigenvalue weighted by molar-refractivity contribution is 9.10. The van der Waals surface area contributed by atoms with Crippen LogP contribution >= 0.6 is 28.3 Å². The number of primary amides is 1. The number of hydrogen-bond acceptors (Lipinski definition) is 6. The van der Waals surface area contributed by atoms with Crippen molar-refractivity contribution in [3.05, 3.63) is 64.6 Å². The van der Waals surface area contributed by atoms with Crippen LogP contribution in [-0.4, -0.2) is 49.7 Å². The number of ether oxygens (including phenoxy) is 1. The second-order valence-electron chi connectivity index (χ2n) is 10.5. The summed E-state index contributed by atoms with van der Waals surface area (Å²) in [7, 11) is 3.15. The number of Topliss-reactive ketones (excluding diaryl/α,β-unsaturated/α-hetero) is 1. The van der Waals surface area contributed by atoms with E-state index in [9.17, 15) is 19.2 Å². The molecule has 224 valence electrons. The number of methoxy groups -OCH3 is 1. The maximum absolute atomic E-state index is 14.5. The monoisotopic (exact) mass is 658 g/mol. The largest absolute Gasteiger partial charge is 0.496 e. The highest BCUT2D eigenvalue weighted by Gasteiger charge is 2.48. The Morgan fingerprint density at radius 3 is 2.40 bits per heavy atom. The molecule has 0 saturated heterocycles. The first-order chi connectivity index (χ1) is 19.5. The first kappa shape index (κ1) is 33.0. The number of nitrogens with two attached hydrogens (primary N) is 1. The molecular weight excluding hydrogens is 624 g/mol. The number of nitrogens with zero attached hydrogens (tertiary/aromatic N) is 2. The normalized spacial score (nSPS) is 16.2. The van der Waals surface area contributed by atoms with Gasteiger partial charge in [0.1, 0.15) is 17.1 Å². The Bertz CT molecular complexity index is 1520. The Hall–Kier alpha value is -3.47. The number of benzene rings is 3. The van der Waals surface area contributed by atoms with Gasteiger partial charge in [0, 0.05) is 29.4 Å². The lowest BCUT2D eigenvalue weighted by Gasteiger charge is -2.36. The molecule has 11 heteroatoms. The molecule has 4 rings (SSSR count). The van der Waals surface area contributed by atoms with E-state index >= 15 is 0 Å². The molecule has 1 aliphatic rings. The lowest BCUT2D eigenvalue weighted by molar-refractivity contribution is -0.133. The van der Waals surface area contributed by atoms with Gasteiger partial charge in [-0.1, -0.05) is 40.2 Å². The Kier molecular flexibility index (Phi) is 10.8. The van der Waals surface area contributed by atoms with Crippen LogP contribution in [0.25, 0.3) is 10.8 Å². The Morgan fingerprint density at radius 1 is 1.10 bits per heavy atom. The van der Waals surface area contributed by atoms with Crippen LogP contribution in [0, 0.1) is 5.92 Å². The molecule has 0 bridgehead atoms. The molecule has 0 saturated carbocycles. The van der Waals surface area contributed by atoms with Gasteiger partial charge in [-0.2, -0.15) is 0 Å². The van der Waals surface area contributed by atoms with E-state index in [0.717, 1.165) is 20.8 Å². The Balaban J connectivity index is 0.00000484. The number of para-hydroxylation sites is 2. The van der Waals surface area contributed by atoms with Crippen LogP contribution in [-0.2, 0) is 25.7 Å². The summed E-state index contributed by atoms with van der Waals surface area (Å²) in [6, 6.07) is 16.9. The molecule has 42 heavy (non-hydrogen) atoms. The summed E-state index contributed by atoms with van der Waals surface area (Å²) in [5.41, 5.74) is 6.26. The third-order valence-corrected chi connectivity index (χ3v) is 8.42. The summed E-state index contributed by atoms with van der Waals surface area (Å²) in [4.78, 5) is 55.6. The first-order valence-electron chi connectivity index (χ1n) is 13.5. The second-order valence-corrected chi connectivity index (χ2v) is 11.4. The number of carbonyl (C=O) groups is 4. The molecule has 0 aliphatic carbocycles. The quantitative estimate of drug-likeness (QED) is 0.324. The van der Waals surface area contributed by atoms with Gasteiger partial charge in [-0.25, -0.2) is 0 Å². The average Bonchev–Trinajstić information content (AvgIpc) is 3.07. The zero-order chi connectivity index (χ0) is 29.9. The molecule has 3 aromatic rings. The number of halogens is 2. The fourth-order valence-corrected chi connectivity index (χ4v) is 5.74. The van der Waals surface area contributed by atoms with Gasteiger partial charge in [0.2, 0.25) is 17.7 Å². The maximum Gasteiger partial charge on any atom is 0.238 e. The molecule has 0 fully saturated rings. The minimum Gasteiger partial charge on any atom is -0.496 e. The van der Waals surface area contributed by atoms with Crippen LogP contribution in [0.4, 0.5) is 11.4 Å². The molecule has 0 aromatic heterocycles. The lowest BCUT2D eigenvalue weighted by atomic mass is 9.83. The minimum atomic E-state index is -1.46. The fourth-order valence-electron chi connectivity index (χ4n) is 5.37. The van der Waals surface area contributed by atoms with Gasteiger partial charge in [0.25, 0.3) is 0 Å². The van der Waals surface area contributed by atoms with Crippen molar-refractivity contribution in [1.82, 2.24) is 5.32 Å². The molecule has 9 nitrogen and oxygen atoms in total. The number of ketones is 1. The van der Waals surface area contributed by atoms with Crippen LogP contribution in [0.1, 0.15) is 38.7 Å². The minimum absolute atomic E-state index is 0. The summed E-state index contributed by atoms with van der Waals surface area (Å²) in [6.45, 7) is 3.13. The topological polar surface area (TPSA) is 122 Å². The van der Waals surface area contributed by atoms with Crippen molar-refractivity contribution < 1.29 is 23.9 Å². The highest BCUT2D eigenvalue weighted by atomic mass is 79.9. The summed E-state index contributed by atoms with van der Waals surface area (Å²) >= 11 is 3.53. The first-order valence-corrected chi connectivity index (χ1v) is 14.2. The van der Waals surface area contributed by atoms with Crippen molar-refractivity contribution in [1.29, 1.82) is 0 Å². The van der Waals surface area contributed by atoms with Gasteiger partial charge in [0.05, 0.1) is 30.9 Å². The Labute approximate surface area is 260 Å². The van der Waals surface area contributed by atoms with Crippen LogP contribution in [0.5, 0.6) is 5.75 Å². The molecule has 3 aromatic carbocycles. The van der Waals surface area contributed by atoms with Crippen molar-refractivity contribution in [3.8, 4) is 5.75 Å². The van der Waals surface area contributed by atoms with Gasteiger partial charge in [-0.05, 0) is 68.4 Å². The SMILES string of the molecule is CNC(C)(C(N)=O)[C@@H]1CN(C(=O)CCCC(C)=O)c2ccccc2N(Cc2c(OC)ccc3cc(Br)ccc23)C1=O.Cl. The van der Waals surface area contributed by atoms with Crippen LogP contribution < -0.4 is 25.6 Å². The predicted molar refractivity (Wildman–Crippen MR) is 170 cm³/mol. The third kappa shape index (κ3) is 6.45. The van der Waals surface area contributed by atoms with Crippen LogP contribution in [0.3, 0.4) is 0 Å². The van der Waals surface area contributed by atoms with Gasteiger partial charge >= 0.3 is 0 Å². The maximum atomic E-state index is 14.5. The molecule has 0 radical (unpaired) electrons. The highest BCUT2D eigenvalue weighted by Crippen LogP contribution is 2.40. The van der Waals surface area contributed by atoms with E-state index < -0.39 is 17.4 Å². The van der Waals surface area contributed by atoms with E-state index in [-0.39, 0.29) is 55.9 Å². The molecule has 3 N–H and O–H groups in total.